The van der Waals surface area contributed by atoms with Crippen LogP contribution in [0.1, 0.15) is 20.7 Å². The lowest BCUT2D eigenvalue weighted by molar-refractivity contribution is 0.0646. The third kappa shape index (κ3) is 1.58. The standard InChI is InChI=1S/C12H10N4O2/c17-11-9-3-1-2-4-10(9)12(18)15(11)7-8-16-13-5-6-14-16/h1-6H,7-8H2. The molecule has 18 heavy (non-hydrogen) atoms. The average Bonchev–Trinajstić information content (AvgIpc) is 2.98. The summed E-state index contributed by atoms with van der Waals surface area (Å²) in [5.74, 6) is -0.495. The molecule has 0 saturated carbocycles. The third-order valence-electron chi connectivity index (χ3n) is 2.87. The van der Waals surface area contributed by atoms with Crippen molar-refractivity contribution in [2.24, 2.45) is 0 Å². The third-order valence-corrected chi connectivity index (χ3v) is 2.87. The topological polar surface area (TPSA) is 68.1 Å². The largest absolute Gasteiger partial charge is 0.272 e. The molecule has 1 aromatic carbocycles. The number of nitrogens with zero attached hydrogens (tertiary/aromatic N) is 4. The maximum Gasteiger partial charge on any atom is 0.261 e. The fourth-order valence-electron chi connectivity index (χ4n) is 1.99. The molecular formula is C12H10N4O2. The van der Waals surface area contributed by atoms with Gasteiger partial charge in [0.2, 0.25) is 0 Å². The van der Waals surface area contributed by atoms with Gasteiger partial charge in [-0.05, 0) is 12.1 Å². The van der Waals surface area contributed by atoms with Gasteiger partial charge in [-0.1, -0.05) is 12.1 Å². The van der Waals surface area contributed by atoms with Gasteiger partial charge >= 0.3 is 0 Å². The zero-order chi connectivity index (χ0) is 12.5. The number of imide groups is 1. The Labute approximate surface area is 103 Å². The molecule has 6 heteroatoms. The lowest BCUT2D eigenvalue weighted by atomic mass is 10.1. The number of carbonyl (C=O) groups is 2. The molecule has 1 aliphatic heterocycles. The van der Waals surface area contributed by atoms with E-state index >= 15 is 0 Å². The van der Waals surface area contributed by atoms with Gasteiger partial charge in [0.25, 0.3) is 11.8 Å². The zero-order valence-corrected chi connectivity index (χ0v) is 9.48. The van der Waals surface area contributed by atoms with E-state index in [-0.39, 0.29) is 18.4 Å². The van der Waals surface area contributed by atoms with Gasteiger partial charge in [-0.2, -0.15) is 15.0 Å². The van der Waals surface area contributed by atoms with Crippen molar-refractivity contribution in [1.82, 2.24) is 19.9 Å². The van der Waals surface area contributed by atoms with E-state index in [9.17, 15) is 9.59 Å². The van der Waals surface area contributed by atoms with Crippen molar-refractivity contribution in [2.75, 3.05) is 6.54 Å². The van der Waals surface area contributed by atoms with E-state index in [2.05, 4.69) is 10.2 Å². The Morgan fingerprint density at radius 3 is 2.00 bits per heavy atom. The van der Waals surface area contributed by atoms with Gasteiger partial charge < -0.3 is 0 Å². The first kappa shape index (κ1) is 10.6. The smallest absolute Gasteiger partial charge is 0.261 e. The van der Waals surface area contributed by atoms with Gasteiger partial charge in [-0.3, -0.25) is 14.5 Å². The zero-order valence-electron chi connectivity index (χ0n) is 9.48. The minimum absolute atomic E-state index is 0.247. The number of aromatic nitrogens is 3. The van der Waals surface area contributed by atoms with Crippen molar-refractivity contribution < 1.29 is 9.59 Å². The highest BCUT2D eigenvalue weighted by Crippen LogP contribution is 2.21. The summed E-state index contributed by atoms with van der Waals surface area (Å²) in [4.78, 5) is 26.7. The van der Waals surface area contributed by atoms with Gasteiger partial charge in [-0.15, -0.1) is 0 Å². The quantitative estimate of drug-likeness (QED) is 0.738. The number of hydrogen-bond acceptors (Lipinski definition) is 4. The van der Waals surface area contributed by atoms with E-state index in [1.165, 1.54) is 9.70 Å². The molecule has 0 spiro atoms. The van der Waals surface area contributed by atoms with Crippen LogP contribution >= 0.6 is 0 Å². The molecule has 90 valence electrons. The molecule has 0 bridgehead atoms. The molecule has 0 saturated heterocycles. The van der Waals surface area contributed by atoms with E-state index in [0.29, 0.717) is 17.7 Å². The van der Waals surface area contributed by atoms with E-state index in [1.807, 2.05) is 0 Å². The van der Waals surface area contributed by atoms with Crippen LogP contribution in [0.4, 0.5) is 0 Å². The van der Waals surface area contributed by atoms with Gasteiger partial charge in [0.1, 0.15) is 0 Å². The second-order valence-electron chi connectivity index (χ2n) is 3.93. The maximum absolute atomic E-state index is 12.0. The second kappa shape index (κ2) is 4.06. The van der Waals surface area contributed by atoms with Crippen molar-refractivity contribution in [3.63, 3.8) is 0 Å². The molecule has 0 radical (unpaired) electrons. The lowest BCUT2D eigenvalue weighted by Crippen LogP contribution is -2.33. The van der Waals surface area contributed by atoms with Crippen LogP contribution in [0.3, 0.4) is 0 Å². The van der Waals surface area contributed by atoms with Crippen LogP contribution in [0.25, 0.3) is 0 Å². The summed E-state index contributed by atoms with van der Waals surface area (Å²) in [6.07, 6.45) is 3.12. The van der Waals surface area contributed by atoms with E-state index in [1.54, 1.807) is 36.7 Å². The maximum atomic E-state index is 12.0. The number of hydrogen-bond donors (Lipinski definition) is 0. The molecule has 2 aromatic rings. The number of rotatable bonds is 3. The molecule has 0 N–H and O–H groups in total. The molecule has 0 fully saturated rings. The highest BCUT2D eigenvalue weighted by molar-refractivity contribution is 6.21. The fourth-order valence-corrected chi connectivity index (χ4v) is 1.99. The lowest BCUT2D eigenvalue weighted by Gasteiger charge is -2.12. The molecule has 0 aliphatic carbocycles. The highest BCUT2D eigenvalue weighted by Gasteiger charge is 2.34. The number of benzene rings is 1. The SMILES string of the molecule is O=C1c2ccccc2C(=O)N1CCn1nccn1. The molecule has 3 rings (SSSR count). The van der Waals surface area contributed by atoms with Gasteiger partial charge in [-0.25, -0.2) is 0 Å². The average molecular weight is 242 g/mol. The monoisotopic (exact) mass is 242 g/mol. The summed E-state index contributed by atoms with van der Waals surface area (Å²) >= 11 is 0. The van der Waals surface area contributed by atoms with Crippen molar-refractivity contribution in [1.29, 1.82) is 0 Å². The van der Waals surface area contributed by atoms with Crippen LogP contribution in [-0.2, 0) is 6.54 Å². The predicted octanol–water partition coefficient (Wildman–Crippen LogP) is 0.574. The van der Waals surface area contributed by atoms with Crippen LogP contribution in [0.5, 0.6) is 0 Å². The summed E-state index contributed by atoms with van der Waals surface area (Å²) in [5, 5.41) is 7.87. The Kier molecular flexibility index (Phi) is 2.40. The molecule has 0 unspecified atom stereocenters. The molecule has 0 atom stereocenters. The van der Waals surface area contributed by atoms with E-state index in [4.69, 9.17) is 0 Å². The normalized spacial score (nSPS) is 14.1. The molecule has 6 nitrogen and oxygen atoms in total. The van der Waals surface area contributed by atoms with Crippen LogP contribution in [0, 0.1) is 0 Å². The predicted molar refractivity (Wildman–Crippen MR) is 61.8 cm³/mol. The Morgan fingerprint density at radius 1 is 0.889 bits per heavy atom. The molecule has 2 heterocycles. The Bertz CT molecular complexity index is 571. The number of amides is 2. The summed E-state index contributed by atoms with van der Waals surface area (Å²) in [6, 6.07) is 6.84. The van der Waals surface area contributed by atoms with Crippen LogP contribution in [0.2, 0.25) is 0 Å². The van der Waals surface area contributed by atoms with Crippen LogP contribution < -0.4 is 0 Å². The first-order valence-electron chi connectivity index (χ1n) is 5.56. The summed E-state index contributed by atoms with van der Waals surface area (Å²) < 4.78 is 0. The Hall–Kier alpha value is -2.50. The molecule has 1 aliphatic rings. The molecule has 1 aromatic heterocycles. The van der Waals surface area contributed by atoms with Crippen molar-refractivity contribution in [2.45, 2.75) is 6.54 Å². The Morgan fingerprint density at radius 2 is 1.44 bits per heavy atom. The van der Waals surface area contributed by atoms with Crippen molar-refractivity contribution in [3.8, 4) is 0 Å². The Balaban J connectivity index is 1.80. The molecular weight excluding hydrogens is 232 g/mol. The first-order valence-corrected chi connectivity index (χ1v) is 5.56. The summed E-state index contributed by atoms with van der Waals surface area (Å²) in [5.41, 5.74) is 0.937. The van der Waals surface area contributed by atoms with Gasteiger partial charge in [0.15, 0.2) is 0 Å². The summed E-state index contributed by atoms with van der Waals surface area (Å²) in [6.45, 7) is 0.680. The summed E-state index contributed by atoms with van der Waals surface area (Å²) in [7, 11) is 0. The highest BCUT2D eigenvalue weighted by atomic mass is 16.2. The van der Waals surface area contributed by atoms with Crippen LogP contribution in [-0.4, -0.2) is 38.3 Å². The van der Waals surface area contributed by atoms with Gasteiger partial charge in [0.05, 0.1) is 36.6 Å². The first-order chi connectivity index (χ1) is 8.77. The number of fused-ring (bicyclic) bond motifs is 1. The fraction of sp³-hybridized carbons (Fsp3) is 0.167. The van der Waals surface area contributed by atoms with Crippen molar-refractivity contribution >= 4 is 11.8 Å². The number of carbonyl (C=O) groups excluding carboxylic acids is 2. The minimum Gasteiger partial charge on any atom is -0.272 e. The van der Waals surface area contributed by atoms with Crippen LogP contribution in [0.15, 0.2) is 36.7 Å². The molecule has 2 amide bonds. The van der Waals surface area contributed by atoms with E-state index in [0.717, 1.165) is 0 Å². The van der Waals surface area contributed by atoms with E-state index < -0.39 is 0 Å². The second-order valence-corrected chi connectivity index (χ2v) is 3.93. The minimum atomic E-state index is -0.247. The van der Waals surface area contributed by atoms with Crippen molar-refractivity contribution in [3.05, 3.63) is 47.8 Å². The van der Waals surface area contributed by atoms with Gasteiger partial charge in [0, 0.05) is 0 Å².